The van der Waals surface area contributed by atoms with Crippen LogP contribution in [-0.2, 0) is 4.79 Å². The van der Waals surface area contributed by atoms with Crippen molar-refractivity contribution < 1.29 is 14.4 Å². The lowest BCUT2D eigenvalue weighted by molar-refractivity contribution is -0.114. The molecular formula is C31H30N4O3. The van der Waals surface area contributed by atoms with Crippen molar-refractivity contribution in [3.8, 4) is 0 Å². The van der Waals surface area contributed by atoms with Crippen molar-refractivity contribution in [2.45, 2.75) is 13.8 Å². The average Bonchev–Trinajstić information content (AvgIpc) is 2.94. The summed E-state index contributed by atoms with van der Waals surface area (Å²) < 4.78 is 0. The van der Waals surface area contributed by atoms with Crippen LogP contribution in [0.4, 0.5) is 22.7 Å². The maximum Gasteiger partial charge on any atom is 0.258 e. The summed E-state index contributed by atoms with van der Waals surface area (Å²) in [7, 11) is 0. The summed E-state index contributed by atoms with van der Waals surface area (Å²) in [5.41, 5.74) is 4.86. The van der Waals surface area contributed by atoms with E-state index in [4.69, 9.17) is 0 Å². The lowest BCUT2D eigenvalue weighted by atomic mass is 10.1. The number of carbonyl (C=O) groups excluding carboxylic acids is 3. The van der Waals surface area contributed by atoms with E-state index < -0.39 is 0 Å². The van der Waals surface area contributed by atoms with Gasteiger partial charge in [-0.1, -0.05) is 42.0 Å². The fourth-order valence-electron chi connectivity index (χ4n) is 3.99. The summed E-state index contributed by atoms with van der Waals surface area (Å²) in [5, 5.41) is 8.78. The average molecular weight is 507 g/mol. The summed E-state index contributed by atoms with van der Waals surface area (Å²) in [6.07, 6.45) is 0. The molecule has 4 aromatic carbocycles. The molecule has 0 saturated carbocycles. The number of aryl methyl sites for hydroxylation is 1. The Morgan fingerprint density at radius 2 is 1.37 bits per heavy atom. The van der Waals surface area contributed by atoms with E-state index in [1.54, 1.807) is 59.5 Å². The third kappa shape index (κ3) is 6.85. The predicted molar refractivity (Wildman–Crippen MR) is 153 cm³/mol. The number of hydrogen-bond acceptors (Lipinski definition) is 4. The van der Waals surface area contributed by atoms with Crippen LogP contribution in [0.1, 0.15) is 33.2 Å². The number of para-hydroxylation sites is 1. The minimum absolute atomic E-state index is 0.0400. The van der Waals surface area contributed by atoms with Crippen molar-refractivity contribution in [3.05, 3.63) is 120 Å². The number of anilines is 4. The summed E-state index contributed by atoms with van der Waals surface area (Å²) in [6.45, 7) is 4.43. The molecule has 0 aromatic heterocycles. The van der Waals surface area contributed by atoms with Gasteiger partial charge in [0.05, 0.1) is 6.54 Å². The number of nitrogens with one attached hydrogen (secondary N) is 3. The highest BCUT2D eigenvalue weighted by Gasteiger charge is 2.16. The first kappa shape index (κ1) is 26.2. The van der Waals surface area contributed by atoms with Crippen LogP contribution < -0.4 is 20.9 Å². The maximum absolute atomic E-state index is 13.1. The number of rotatable bonds is 9. The number of benzene rings is 4. The normalized spacial score (nSPS) is 10.4. The van der Waals surface area contributed by atoms with Crippen LogP contribution in [-0.4, -0.2) is 30.8 Å². The van der Waals surface area contributed by atoms with E-state index in [-0.39, 0.29) is 24.3 Å². The largest absolute Gasteiger partial charge is 0.376 e. The van der Waals surface area contributed by atoms with Gasteiger partial charge in [-0.15, -0.1) is 0 Å². The Kier molecular flexibility index (Phi) is 8.51. The zero-order valence-corrected chi connectivity index (χ0v) is 21.4. The first-order valence-electron chi connectivity index (χ1n) is 12.4. The Labute approximate surface area is 222 Å². The highest BCUT2D eigenvalue weighted by Crippen LogP contribution is 2.19. The predicted octanol–water partition coefficient (Wildman–Crippen LogP) is 5.96. The van der Waals surface area contributed by atoms with E-state index in [2.05, 4.69) is 16.0 Å². The highest BCUT2D eigenvalue weighted by molar-refractivity contribution is 6.07. The molecule has 0 bridgehead atoms. The van der Waals surface area contributed by atoms with Gasteiger partial charge in [-0.2, -0.15) is 0 Å². The van der Waals surface area contributed by atoms with Crippen LogP contribution in [0.25, 0.3) is 0 Å². The Bertz CT molecular complexity index is 1420. The minimum atomic E-state index is -0.248. The van der Waals surface area contributed by atoms with Gasteiger partial charge < -0.3 is 20.9 Å². The molecule has 0 fully saturated rings. The van der Waals surface area contributed by atoms with Crippen LogP contribution in [0.15, 0.2) is 103 Å². The van der Waals surface area contributed by atoms with Crippen molar-refractivity contribution in [2.75, 3.05) is 33.9 Å². The van der Waals surface area contributed by atoms with Crippen LogP contribution in [0.5, 0.6) is 0 Å². The molecule has 0 saturated heterocycles. The maximum atomic E-state index is 13.1. The van der Waals surface area contributed by atoms with Gasteiger partial charge in [-0.3, -0.25) is 14.4 Å². The minimum Gasteiger partial charge on any atom is -0.376 e. The van der Waals surface area contributed by atoms with Gasteiger partial charge in [0.15, 0.2) is 0 Å². The third-order valence-corrected chi connectivity index (χ3v) is 5.90. The molecule has 0 spiro atoms. The molecular weight excluding hydrogens is 476 g/mol. The second-order valence-corrected chi connectivity index (χ2v) is 8.77. The van der Waals surface area contributed by atoms with Crippen LogP contribution in [0, 0.1) is 6.92 Å². The molecule has 4 aromatic rings. The first-order chi connectivity index (χ1) is 18.4. The van der Waals surface area contributed by atoms with E-state index in [1.165, 1.54) is 0 Å². The van der Waals surface area contributed by atoms with Gasteiger partial charge in [0.25, 0.3) is 11.8 Å². The SMILES string of the molecule is CCN(C(=O)c1cccc(NC(=O)CNc2ccc(NC(=O)c3cccc(C)c3)cc2)c1)c1ccccc1. The standard InChI is InChI=1S/C31H30N4O3/c1-3-35(28-13-5-4-6-14-28)31(38)24-11-8-12-27(20-24)33-29(36)21-32-25-15-17-26(18-16-25)34-30(37)23-10-7-9-22(2)19-23/h4-20,32H,3,21H2,1-2H3,(H,33,36)(H,34,37). The molecule has 0 heterocycles. The second kappa shape index (κ2) is 12.4. The number of nitrogens with zero attached hydrogens (tertiary/aromatic N) is 1. The Hall–Kier alpha value is -4.91. The van der Waals surface area contributed by atoms with Gasteiger partial charge in [-0.25, -0.2) is 0 Å². The highest BCUT2D eigenvalue weighted by atomic mass is 16.2. The second-order valence-electron chi connectivity index (χ2n) is 8.77. The van der Waals surface area contributed by atoms with Crippen molar-refractivity contribution in [1.82, 2.24) is 0 Å². The lowest BCUT2D eigenvalue weighted by Gasteiger charge is -2.21. The van der Waals surface area contributed by atoms with Gasteiger partial charge in [-0.05, 0) is 80.6 Å². The number of hydrogen-bond donors (Lipinski definition) is 3. The molecule has 0 aliphatic heterocycles. The van der Waals surface area contributed by atoms with Crippen molar-refractivity contribution in [1.29, 1.82) is 0 Å². The Morgan fingerprint density at radius 3 is 2.08 bits per heavy atom. The molecule has 38 heavy (non-hydrogen) atoms. The molecule has 3 N–H and O–H groups in total. The summed E-state index contributed by atoms with van der Waals surface area (Å²) in [4.78, 5) is 39.8. The van der Waals surface area contributed by atoms with Gasteiger partial charge in [0.1, 0.15) is 0 Å². The Balaban J connectivity index is 1.31. The molecule has 4 rings (SSSR count). The quantitative estimate of drug-likeness (QED) is 0.261. The monoisotopic (exact) mass is 506 g/mol. The Morgan fingerprint density at radius 1 is 0.684 bits per heavy atom. The molecule has 0 aliphatic rings. The first-order valence-corrected chi connectivity index (χ1v) is 12.4. The smallest absolute Gasteiger partial charge is 0.258 e. The van der Waals surface area contributed by atoms with Crippen molar-refractivity contribution in [2.24, 2.45) is 0 Å². The number of amides is 3. The van der Waals surface area contributed by atoms with E-state index in [0.717, 1.165) is 16.9 Å². The van der Waals surface area contributed by atoms with E-state index in [0.29, 0.717) is 29.0 Å². The van der Waals surface area contributed by atoms with Gasteiger partial charge in [0.2, 0.25) is 5.91 Å². The van der Waals surface area contributed by atoms with Crippen molar-refractivity contribution in [3.63, 3.8) is 0 Å². The molecule has 7 heteroatoms. The van der Waals surface area contributed by atoms with Crippen LogP contribution in [0.3, 0.4) is 0 Å². The number of carbonyl (C=O) groups is 3. The molecule has 0 radical (unpaired) electrons. The molecule has 192 valence electrons. The molecule has 0 atom stereocenters. The zero-order chi connectivity index (χ0) is 26.9. The van der Waals surface area contributed by atoms with Gasteiger partial charge >= 0.3 is 0 Å². The zero-order valence-electron chi connectivity index (χ0n) is 21.4. The van der Waals surface area contributed by atoms with Crippen molar-refractivity contribution >= 4 is 40.5 Å². The van der Waals surface area contributed by atoms with E-state index in [9.17, 15) is 14.4 Å². The third-order valence-electron chi connectivity index (χ3n) is 5.90. The van der Waals surface area contributed by atoms with E-state index in [1.807, 2.05) is 62.4 Å². The van der Waals surface area contributed by atoms with Crippen LogP contribution >= 0.6 is 0 Å². The van der Waals surface area contributed by atoms with Crippen LogP contribution in [0.2, 0.25) is 0 Å². The van der Waals surface area contributed by atoms with Gasteiger partial charge in [0, 0.05) is 40.4 Å². The summed E-state index contributed by atoms with van der Waals surface area (Å²) >= 11 is 0. The molecule has 3 amide bonds. The van der Waals surface area contributed by atoms with E-state index >= 15 is 0 Å². The molecule has 7 nitrogen and oxygen atoms in total. The molecule has 0 unspecified atom stereocenters. The topological polar surface area (TPSA) is 90.5 Å². The summed E-state index contributed by atoms with van der Waals surface area (Å²) in [5.74, 6) is -0.565. The molecule has 0 aliphatic carbocycles. The summed E-state index contributed by atoms with van der Waals surface area (Å²) in [6, 6.07) is 30.9. The lowest BCUT2D eigenvalue weighted by Crippen LogP contribution is -2.30. The fraction of sp³-hybridized carbons (Fsp3) is 0.129. The fourth-order valence-corrected chi connectivity index (χ4v) is 3.99.